The van der Waals surface area contributed by atoms with E-state index in [1.54, 1.807) is 14.0 Å². The summed E-state index contributed by atoms with van der Waals surface area (Å²) < 4.78 is 10.4. The van der Waals surface area contributed by atoms with Crippen molar-refractivity contribution in [3.63, 3.8) is 0 Å². The zero-order valence-electron chi connectivity index (χ0n) is 11.7. The van der Waals surface area contributed by atoms with Gasteiger partial charge in [-0.1, -0.05) is 6.07 Å². The summed E-state index contributed by atoms with van der Waals surface area (Å²) in [4.78, 5) is 4.44. The average molecular weight is 273 g/mol. The number of rotatable bonds is 6. The summed E-state index contributed by atoms with van der Waals surface area (Å²) in [5, 5.41) is 9.57. The zero-order chi connectivity index (χ0) is 14.4. The number of benzene rings is 1. The predicted octanol–water partition coefficient (Wildman–Crippen LogP) is 2.83. The third-order valence-electron chi connectivity index (χ3n) is 2.90. The molecule has 2 rings (SSSR count). The molecule has 0 spiro atoms. The Kier molecular flexibility index (Phi) is 5.09. The van der Waals surface area contributed by atoms with E-state index in [1.807, 2.05) is 42.5 Å². The Morgan fingerprint density at radius 2 is 1.85 bits per heavy atom. The highest BCUT2D eigenvalue weighted by Crippen LogP contribution is 2.22. The summed E-state index contributed by atoms with van der Waals surface area (Å²) in [6.45, 7) is 2.81. The number of methoxy groups -OCH3 is 1. The quantitative estimate of drug-likeness (QED) is 0.822. The van der Waals surface area contributed by atoms with Crippen LogP contribution in [0.2, 0.25) is 0 Å². The van der Waals surface area contributed by atoms with E-state index in [1.165, 1.54) is 0 Å². The van der Waals surface area contributed by atoms with Gasteiger partial charge in [0.2, 0.25) is 0 Å². The second-order valence-electron chi connectivity index (χ2n) is 4.49. The van der Waals surface area contributed by atoms with Crippen LogP contribution in [0.5, 0.6) is 5.75 Å². The lowest BCUT2D eigenvalue weighted by Crippen LogP contribution is -2.04. The molecule has 1 aromatic carbocycles. The lowest BCUT2D eigenvalue weighted by atomic mass is 10.1. The molecule has 1 N–H and O–H groups in total. The molecule has 4 heteroatoms. The molecule has 0 saturated carbocycles. The van der Waals surface area contributed by atoms with Gasteiger partial charge in [-0.25, -0.2) is 0 Å². The minimum Gasteiger partial charge on any atom is -0.491 e. The highest BCUT2D eigenvalue weighted by Gasteiger charge is 2.05. The molecule has 0 aliphatic heterocycles. The molecule has 0 aliphatic carbocycles. The maximum Gasteiger partial charge on any atom is 0.119 e. The minimum absolute atomic E-state index is 0.533. The monoisotopic (exact) mass is 273 g/mol. The van der Waals surface area contributed by atoms with Crippen molar-refractivity contribution in [1.82, 2.24) is 4.98 Å². The Morgan fingerprint density at radius 1 is 1.10 bits per heavy atom. The first kappa shape index (κ1) is 14.5. The minimum atomic E-state index is -0.563. The molecule has 1 aromatic heterocycles. The normalized spacial score (nSPS) is 12.2. The molecule has 0 fully saturated rings. The number of aromatic nitrogens is 1. The molecule has 0 bridgehead atoms. The van der Waals surface area contributed by atoms with Gasteiger partial charge in [0, 0.05) is 12.7 Å². The summed E-state index contributed by atoms with van der Waals surface area (Å²) in [5.74, 6) is 0.803. The van der Waals surface area contributed by atoms with Crippen LogP contribution in [0.1, 0.15) is 18.7 Å². The van der Waals surface area contributed by atoms with Crippen LogP contribution in [-0.2, 0) is 4.74 Å². The van der Waals surface area contributed by atoms with E-state index < -0.39 is 6.10 Å². The van der Waals surface area contributed by atoms with Gasteiger partial charge in [-0.2, -0.15) is 0 Å². The van der Waals surface area contributed by atoms with Crippen LogP contribution in [0, 0.1) is 0 Å². The van der Waals surface area contributed by atoms with Gasteiger partial charge in [-0.3, -0.25) is 4.98 Å². The number of nitrogens with zero attached hydrogens (tertiary/aromatic N) is 1. The molecule has 0 saturated heterocycles. The van der Waals surface area contributed by atoms with Gasteiger partial charge in [-0.15, -0.1) is 0 Å². The van der Waals surface area contributed by atoms with Crippen LogP contribution in [0.4, 0.5) is 0 Å². The molecule has 0 unspecified atom stereocenters. The van der Waals surface area contributed by atoms with Crippen molar-refractivity contribution in [3.8, 4) is 17.0 Å². The Hall–Kier alpha value is -1.91. The lowest BCUT2D eigenvalue weighted by Gasteiger charge is -2.08. The van der Waals surface area contributed by atoms with E-state index in [-0.39, 0.29) is 0 Å². The van der Waals surface area contributed by atoms with Gasteiger partial charge in [0.05, 0.1) is 24.1 Å². The Balaban J connectivity index is 2.11. The fraction of sp³-hybridized carbons (Fsp3) is 0.312. The molecule has 0 radical (unpaired) electrons. The third kappa shape index (κ3) is 3.79. The molecule has 1 heterocycles. The Morgan fingerprint density at radius 3 is 2.50 bits per heavy atom. The number of aliphatic hydroxyl groups is 1. The maximum atomic E-state index is 9.57. The molecule has 1 atom stereocenters. The first-order valence-corrected chi connectivity index (χ1v) is 6.58. The van der Waals surface area contributed by atoms with Crippen LogP contribution < -0.4 is 4.74 Å². The van der Waals surface area contributed by atoms with E-state index in [2.05, 4.69) is 4.98 Å². The van der Waals surface area contributed by atoms with Crippen molar-refractivity contribution in [2.24, 2.45) is 0 Å². The fourth-order valence-corrected chi connectivity index (χ4v) is 1.81. The standard InChI is InChI=1S/C16H19NO3/c1-12(18)15-4-3-5-16(17-15)13-6-8-14(9-7-13)20-11-10-19-2/h3-9,12,18H,10-11H2,1-2H3/t12-/m1/s1. The van der Waals surface area contributed by atoms with E-state index in [4.69, 9.17) is 9.47 Å². The molecular formula is C16H19NO3. The Labute approximate surface area is 119 Å². The molecule has 0 amide bonds. The van der Waals surface area contributed by atoms with Crippen molar-refractivity contribution < 1.29 is 14.6 Å². The number of pyridine rings is 1. The summed E-state index contributed by atoms with van der Waals surface area (Å²) in [6, 6.07) is 13.4. The van der Waals surface area contributed by atoms with Crippen LogP contribution in [0.25, 0.3) is 11.3 Å². The van der Waals surface area contributed by atoms with Crippen LogP contribution in [0.15, 0.2) is 42.5 Å². The fourth-order valence-electron chi connectivity index (χ4n) is 1.81. The van der Waals surface area contributed by atoms with Crippen molar-refractivity contribution in [2.45, 2.75) is 13.0 Å². The SMILES string of the molecule is COCCOc1ccc(-c2cccc([C@@H](C)O)n2)cc1. The molecule has 4 nitrogen and oxygen atoms in total. The second kappa shape index (κ2) is 7.03. The van der Waals surface area contributed by atoms with Gasteiger partial charge >= 0.3 is 0 Å². The van der Waals surface area contributed by atoms with E-state index in [0.717, 1.165) is 17.0 Å². The molecule has 0 aliphatic rings. The van der Waals surface area contributed by atoms with Gasteiger partial charge in [0.15, 0.2) is 0 Å². The number of hydrogen-bond acceptors (Lipinski definition) is 4. The first-order chi connectivity index (χ1) is 9.70. The lowest BCUT2D eigenvalue weighted by molar-refractivity contribution is 0.146. The van der Waals surface area contributed by atoms with E-state index >= 15 is 0 Å². The third-order valence-corrected chi connectivity index (χ3v) is 2.90. The smallest absolute Gasteiger partial charge is 0.119 e. The van der Waals surface area contributed by atoms with Gasteiger partial charge in [-0.05, 0) is 43.3 Å². The van der Waals surface area contributed by atoms with Crippen molar-refractivity contribution in [1.29, 1.82) is 0 Å². The predicted molar refractivity (Wildman–Crippen MR) is 77.7 cm³/mol. The zero-order valence-corrected chi connectivity index (χ0v) is 11.7. The number of aliphatic hydroxyl groups excluding tert-OH is 1. The first-order valence-electron chi connectivity index (χ1n) is 6.58. The van der Waals surface area contributed by atoms with Crippen molar-refractivity contribution in [2.75, 3.05) is 20.3 Å². The number of ether oxygens (including phenoxy) is 2. The molecule has 106 valence electrons. The van der Waals surface area contributed by atoms with Crippen LogP contribution in [0.3, 0.4) is 0 Å². The molecule has 20 heavy (non-hydrogen) atoms. The highest BCUT2D eigenvalue weighted by atomic mass is 16.5. The van der Waals surface area contributed by atoms with Crippen LogP contribution >= 0.6 is 0 Å². The summed E-state index contributed by atoms with van der Waals surface area (Å²) >= 11 is 0. The molecular weight excluding hydrogens is 254 g/mol. The average Bonchev–Trinajstić information content (AvgIpc) is 2.48. The molecule has 2 aromatic rings. The highest BCUT2D eigenvalue weighted by molar-refractivity contribution is 5.60. The number of hydrogen-bond donors (Lipinski definition) is 1. The van der Waals surface area contributed by atoms with Crippen molar-refractivity contribution in [3.05, 3.63) is 48.2 Å². The summed E-state index contributed by atoms with van der Waals surface area (Å²) in [7, 11) is 1.65. The Bertz CT molecular complexity index is 538. The second-order valence-corrected chi connectivity index (χ2v) is 4.49. The van der Waals surface area contributed by atoms with E-state index in [9.17, 15) is 5.11 Å². The maximum absolute atomic E-state index is 9.57. The van der Waals surface area contributed by atoms with Gasteiger partial charge in [0.25, 0.3) is 0 Å². The van der Waals surface area contributed by atoms with Crippen molar-refractivity contribution >= 4 is 0 Å². The van der Waals surface area contributed by atoms with Gasteiger partial charge < -0.3 is 14.6 Å². The summed E-state index contributed by atoms with van der Waals surface area (Å²) in [6.07, 6.45) is -0.563. The topological polar surface area (TPSA) is 51.6 Å². The summed E-state index contributed by atoms with van der Waals surface area (Å²) in [5.41, 5.74) is 2.50. The van der Waals surface area contributed by atoms with Gasteiger partial charge in [0.1, 0.15) is 12.4 Å². The van der Waals surface area contributed by atoms with Crippen LogP contribution in [-0.4, -0.2) is 30.4 Å². The largest absolute Gasteiger partial charge is 0.491 e. The van der Waals surface area contributed by atoms with E-state index in [0.29, 0.717) is 18.9 Å².